The van der Waals surface area contributed by atoms with Crippen molar-refractivity contribution in [3.63, 3.8) is 0 Å². The van der Waals surface area contributed by atoms with Crippen LogP contribution in [0, 0.1) is 0 Å². The summed E-state index contributed by atoms with van der Waals surface area (Å²) < 4.78 is 17.0. The van der Waals surface area contributed by atoms with Gasteiger partial charge in [-0.2, -0.15) is 0 Å². The molecule has 0 unspecified atom stereocenters. The third kappa shape index (κ3) is 5.79. The molecule has 1 N–H and O–H groups in total. The number of methoxy groups -OCH3 is 1. The monoisotopic (exact) mass is 419 g/mol. The minimum Gasteiger partial charge on any atom is -0.497 e. The Bertz CT molecular complexity index is 1010. The lowest BCUT2D eigenvalue weighted by Crippen LogP contribution is -2.13. The summed E-state index contributed by atoms with van der Waals surface area (Å²) in [4.78, 5) is 12.8. The zero-order valence-corrected chi connectivity index (χ0v) is 18.5. The van der Waals surface area contributed by atoms with Crippen LogP contribution in [0.15, 0.2) is 66.7 Å². The van der Waals surface area contributed by atoms with Gasteiger partial charge in [0, 0.05) is 16.8 Å². The van der Waals surface area contributed by atoms with Crippen LogP contribution in [0.5, 0.6) is 17.2 Å². The zero-order valence-electron chi connectivity index (χ0n) is 18.5. The van der Waals surface area contributed by atoms with E-state index >= 15 is 0 Å². The second-order valence-electron chi connectivity index (χ2n) is 7.42. The molecule has 0 bridgehead atoms. The SMILES string of the molecule is CCOc1ccc(C(=O)Nc2ccc(OC)cc2)cc1COc1ccccc1C(C)C. The highest BCUT2D eigenvalue weighted by molar-refractivity contribution is 6.04. The van der Waals surface area contributed by atoms with Crippen LogP contribution in [0.3, 0.4) is 0 Å². The molecule has 3 aromatic rings. The summed E-state index contributed by atoms with van der Waals surface area (Å²) in [6.07, 6.45) is 0. The van der Waals surface area contributed by atoms with E-state index in [9.17, 15) is 4.79 Å². The van der Waals surface area contributed by atoms with E-state index in [1.807, 2.05) is 37.3 Å². The minimum atomic E-state index is -0.197. The van der Waals surface area contributed by atoms with Crippen LogP contribution in [0.2, 0.25) is 0 Å². The van der Waals surface area contributed by atoms with Crippen molar-refractivity contribution in [3.05, 3.63) is 83.4 Å². The number of hydrogen-bond donors (Lipinski definition) is 1. The highest BCUT2D eigenvalue weighted by atomic mass is 16.5. The van der Waals surface area contributed by atoms with Crippen molar-refractivity contribution in [2.24, 2.45) is 0 Å². The van der Waals surface area contributed by atoms with Crippen molar-refractivity contribution in [1.29, 1.82) is 0 Å². The zero-order chi connectivity index (χ0) is 22.2. The number of carbonyl (C=O) groups is 1. The molecule has 1 amide bonds. The Morgan fingerprint density at radius 1 is 0.935 bits per heavy atom. The first-order valence-electron chi connectivity index (χ1n) is 10.4. The number of amides is 1. The Morgan fingerprint density at radius 3 is 2.35 bits per heavy atom. The van der Waals surface area contributed by atoms with Crippen molar-refractivity contribution in [2.75, 3.05) is 19.0 Å². The quantitative estimate of drug-likeness (QED) is 0.459. The fourth-order valence-electron chi connectivity index (χ4n) is 3.25. The fraction of sp³-hybridized carbons (Fsp3) is 0.269. The number of para-hydroxylation sites is 1. The van der Waals surface area contributed by atoms with Crippen LogP contribution in [0.4, 0.5) is 5.69 Å². The lowest BCUT2D eigenvalue weighted by Gasteiger charge is -2.16. The summed E-state index contributed by atoms with van der Waals surface area (Å²) in [5, 5.41) is 2.91. The first kappa shape index (κ1) is 22.2. The van der Waals surface area contributed by atoms with E-state index in [2.05, 4.69) is 25.2 Å². The molecule has 0 aromatic heterocycles. The van der Waals surface area contributed by atoms with E-state index in [1.54, 1.807) is 37.4 Å². The molecular formula is C26H29NO4. The standard InChI is InChI=1S/C26H29NO4/c1-5-30-24-15-10-19(26(28)27-21-11-13-22(29-4)14-12-21)16-20(24)17-31-25-9-7-6-8-23(25)18(2)3/h6-16,18H,5,17H2,1-4H3,(H,27,28). The summed E-state index contributed by atoms with van der Waals surface area (Å²) >= 11 is 0. The van der Waals surface area contributed by atoms with Crippen LogP contribution >= 0.6 is 0 Å². The van der Waals surface area contributed by atoms with Gasteiger partial charge in [0.1, 0.15) is 23.9 Å². The smallest absolute Gasteiger partial charge is 0.255 e. The summed E-state index contributed by atoms with van der Waals surface area (Å²) in [6, 6.07) is 20.6. The number of hydrogen-bond acceptors (Lipinski definition) is 4. The van der Waals surface area contributed by atoms with Crippen LogP contribution in [0.1, 0.15) is 48.2 Å². The van der Waals surface area contributed by atoms with Gasteiger partial charge in [0.15, 0.2) is 0 Å². The molecule has 0 fully saturated rings. The van der Waals surface area contributed by atoms with E-state index in [1.165, 1.54) is 0 Å². The van der Waals surface area contributed by atoms with E-state index in [0.29, 0.717) is 36.1 Å². The highest BCUT2D eigenvalue weighted by Gasteiger charge is 2.13. The number of carbonyl (C=O) groups excluding carboxylic acids is 1. The van der Waals surface area contributed by atoms with Gasteiger partial charge in [-0.15, -0.1) is 0 Å². The molecule has 31 heavy (non-hydrogen) atoms. The van der Waals surface area contributed by atoms with Gasteiger partial charge in [-0.05, 0) is 66.9 Å². The number of benzene rings is 3. The average Bonchev–Trinajstić information content (AvgIpc) is 2.79. The van der Waals surface area contributed by atoms with Gasteiger partial charge < -0.3 is 19.5 Å². The first-order chi connectivity index (χ1) is 15.0. The van der Waals surface area contributed by atoms with Crippen LogP contribution in [0.25, 0.3) is 0 Å². The van der Waals surface area contributed by atoms with Gasteiger partial charge >= 0.3 is 0 Å². The van der Waals surface area contributed by atoms with Gasteiger partial charge in [0.2, 0.25) is 0 Å². The Kier molecular flexibility index (Phi) is 7.55. The maximum absolute atomic E-state index is 12.8. The summed E-state index contributed by atoms with van der Waals surface area (Å²) in [5.74, 6) is 2.44. The molecular weight excluding hydrogens is 390 g/mol. The highest BCUT2D eigenvalue weighted by Crippen LogP contribution is 2.28. The molecule has 0 saturated carbocycles. The third-order valence-electron chi connectivity index (χ3n) is 4.89. The summed E-state index contributed by atoms with van der Waals surface area (Å²) in [5.41, 5.74) is 3.20. The van der Waals surface area contributed by atoms with Crippen molar-refractivity contribution < 1.29 is 19.0 Å². The van der Waals surface area contributed by atoms with Crippen LogP contribution < -0.4 is 19.5 Å². The molecule has 0 spiro atoms. The second-order valence-corrected chi connectivity index (χ2v) is 7.42. The molecule has 5 heteroatoms. The van der Waals surface area contributed by atoms with Crippen molar-refractivity contribution in [1.82, 2.24) is 0 Å². The van der Waals surface area contributed by atoms with E-state index in [-0.39, 0.29) is 5.91 Å². The normalized spacial score (nSPS) is 10.6. The average molecular weight is 420 g/mol. The maximum atomic E-state index is 12.8. The van der Waals surface area contributed by atoms with E-state index < -0.39 is 0 Å². The number of anilines is 1. The van der Waals surface area contributed by atoms with Gasteiger partial charge in [-0.25, -0.2) is 0 Å². The summed E-state index contributed by atoms with van der Waals surface area (Å²) in [7, 11) is 1.61. The maximum Gasteiger partial charge on any atom is 0.255 e. The van der Waals surface area contributed by atoms with Crippen molar-refractivity contribution in [2.45, 2.75) is 33.3 Å². The molecule has 0 aliphatic rings. The molecule has 0 heterocycles. The van der Waals surface area contributed by atoms with Crippen molar-refractivity contribution in [3.8, 4) is 17.2 Å². The predicted octanol–water partition coefficient (Wildman–Crippen LogP) is 6.05. The summed E-state index contributed by atoms with van der Waals surface area (Å²) in [6.45, 7) is 7.05. The Morgan fingerprint density at radius 2 is 1.68 bits per heavy atom. The molecule has 0 radical (unpaired) electrons. The molecule has 0 aliphatic carbocycles. The van der Waals surface area contributed by atoms with Crippen LogP contribution in [-0.4, -0.2) is 19.6 Å². The van der Waals surface area contributed by atoms with Gasteiger partial charge in [0.05, 0.1) is 13.7 Å². The Balaban J connectivity index is 1.79. The van der Waals surface area contributed by atoms with Crippen LogP contribution in [-0.2, 0) is 6.61 Å². The molecule has 162 valence electrons. The number of ether oxygens (including phenoxy) is 3. The van der Waals surface area contributed by atoms with Gasteiger partial charge in [0.25, 0.3) is 5.91 Å². The van der Waals surface area contributed by atoms with E-state index in [0.717, 1.165) is 22.6 Å². The molecule has 0 aliphatic heterocycles. The predicted molar refractivity (Wildman–Crippen MR) is 123 cm³/mol. The third-order valence-corrected chi connectivity index (χ3v) is 4.89. The largest absolute Gasteiger partial charge is 0.497 e. The lowest BCUT2D eigenvalue weighted by molar-refractivity contribution is 0.102. The molecule has 3 rings (SSSR count). The topological polar surface area (TPSA) is 56.8 Å². The van der Waals surface area contributed by atoms with Crippen molar-refractivity contribution >= 4 is 11.6 Å². The lowest BCUT2D eigenvalue weighted by atomic mass is 10.0. The fourth-order valence-corrected chi connectivity index (χ4v) is 3.25. The molecule has 5 nitrogen and oxygen atoms in total. The molecule has 0 saturated heterocycles. The molecule has 0 atom stereocenters. The molecule has 3 aromatic carbocycles. The number of nitrogens with one attached hydrogen (secondary N) is 1. The van der Waals surface area contributed by atoms with E-state index in [4.69, 9.17) is 14.2 Å². The second kappa shape index (κ2) is 10.5. The Hall–Kier alpha value is -3.47. The van der Waals surface area contributed by atoms with Gasteiger partial charge in [-0.1, -0.05) is 32.0 Å². The first-order valence-corrected chi connectivity index (χ1v) is 10.4. The van der Waals surface area contributed by atoms with Gasteiger partial charge in [-0.3, -0.25) is 4.79 Å². The minimum absolute atomic E-state index is 0.197. The number of rotatable bonds is 9. The Labute approximate surface area is 184 Å².